The highest BCUT2D eigenvalue weighted by atomic mass is 19.1. The molecule has 0 heterocycles. The minimum atomic E-state index is -1.04. The SMILES string of the molecule is CC(C)(C)OC(=O)CN(C(=O)c1c(F)cccc1F)c1cccc(-c2ccc(F)cc2)c1. The molecule has 3 aromatic rings. The average Bonchev–Trinajstić information content (AvgIpc) is 2.71. The van der Waals surface area contributed by atoms with Gasteiger partial charge < -0.3 is 4.74 Å². The molecule has 1 amide bonds. The second-order valence-electron chi connectivity index (χ2n) is 8.13. The molecular formula is C25H22F3NO3. The predicted octanol–water partition coefficient (Wildman–Crippen LogP) is 5.76. The number of carbonyl (C=O) groups excluding carboxylic acids is 2. The topological polar surface area (TPSA) is 46.6 Å². The summed E-state index contributed by atoms with van der Waals surface area (Å²) in [6, 6.07) is 15.3. The van der Waals surface area contributed by atoms with Gasteiger partial charge in [0.1, 0.15) is 35.2 Å². The fourth-order valence-electron chi connectivity index (χ4n) is 3.12. The van der Waals surface area contributed by atoms with E-state index in [1.54, 1.807) is 51.1 Å². The van der Waals surface area contributed by atoms with Gasteiger partial charge >= 0.3 is 5.97 Å². The first-order valence-electron chi connectivity index (χ1n) is 9.89. The van der Waals surface area contributed by atoms with Crippen LogP contribution in [0.15, 0.2) is 66.7 Å². The van der Waals surface area contributed by atoms with E-state index in [1.165, 1.54) is 18.2 Å². The lowest BCUT2D eigenvalue weighted by molar-refractivity contribution is -0.152. The van der Waals surface area contributed by atoms with Crippen LogP contribution in [0.25, 0.3) is 11.1 Å². The number of benzene rings is 3. The monoisotopic (exact) mass is 441 g/mol. The van der Waals surface area contributed by atoms with Crippen LogP contribution >= 0.6 is 0 Å². The molecule has 0 N–H and O–H groups in total. The summed E-state index contributed by atoms with van der Waals surface area (Å²) in [5, 5.41) is 0. The van der Waals surface area contributed by atoms with Crippen molar-refractivity contribution in [3.05, 3.63) is 89.7 Å². The molecule has 0 unspecified atom stereocenters. The third kappa shape index (κ3) is 5.55. The van der Waals surface area contributed by atoms with E-state index in [0.717, 1.165) is 23.1 Å². The highest BCUT2D eigenvalue weighted by Crippen LogP contribution is 2.27. The van der Waals surface area contributed by atoms with E-state index in [-0.39, 0.29) is 5.69 Å². The molecule has 0 aliphatic rings. The second-order valence-corrected chi connectivity index (χ2v) is 8.13. The van der Waals surface area contributed by atoms with Crippen molar-refractivity contribution in [1.29, 1.82) is 0 Å². The van der Waals surface area contributed by atoms with Crippen molar-refractivity contribution < 1.29 is 27.5 Å². The number of esters is 1. The van der Waals surface area contributed by atoms with Crippen molar-refractivity contribution in [2.24, 2.45) is 0 Å². The van der Waals surface area contributed by atoms with Gasteiger partial charge in [0.15, 0.2) is 0 Å². The zero-order valence-electron chi connectivity index (χ0n) is 17.9. The van der Waals surface area contributed by atoms with Crippen LogP contribution in [0.1, 0.15) is 31.1 Å². The summed E-state index contributed by atoms with van der Waals surface area (Å²) in [6.07, 6.45) is 0. The van der Waals surface area contributed by atoms with Gasteiger partial charge in [0.2, 0.25) is 0 Å². The van der Waals surface area contributed by atoms with Gasteiger partial charge in [-0.05, 0) is 68.3 Å². The van der Waals surface area contributed by atoms with Gasteiger partial charge in [-0.25, -0.2) is 13.2 Å². The van der Waals surface area contributed by atoms with E-state index < -0.39 is 47.0 Å². The minimum Gasteiger partial charge on any atom is -0.459 e. The number of carbonyl (C=O) groups is 2. The maximum Gasteiger partial charge on any atom is 0.326 e. The molecule has 0 saturated carbocycles. The lowest BCUT2D eigenvalue weighted by atomic mass is 10.0. The smallest absolute Gasteiger partial charge is 0.326 e. The minimum absolute atomic E-state index is 0.227. The number of rotatable bonds is 5. The van der Waals surface area contributed by atoms with Crippen LogP contribution in [0, 0.1) is 17.5 Å². The molecule has 0 radical (unpaired) electrons. The molecule has 0 bridgehead atoms. The lowest BCUT2D eigenvalue weighted by Crippen LogP contribution is -2.39. The molecule has 3 rings (SSSR count). The van der Waals surface area contributed by atoms with E-state index in [9.17, 15) is 22.8 Å². The van der Waals surface area contributed by atoms with Gasteiger partial charge in [0.25, 0.3) is 5.91 Å². The van der Waals surface area contributed by atoms with Crippen molar-refractivity contribution >= 4 is 17.6 Å². The number of nitrogens with zero attached hydrogens (tertiary/aromatic N) is 1. The number of amides is 1. The third-order valence-corrected chi connectivity index (χ3v) is 4.46. The Morgan fingerprint density at radius 1 is 0.844 bits per heavy atom. The van der Waals surface area contributed by atoms with Crippen LogP contribution in [0.2, 0.25) is 0 Å². The Balaban J connectivity index is 2.04. The molecule has 0 fully saturated rings. The molecule has 0 aliphatic heterocycles. The molecule has 3 aromatic carbocycles. The maximum absolute atomic E-state index is 14.3. The molecule has 0 aromatic heterocycles. The Kier molecular flexibility index (Phi) is 6.67. The Morgan fingerprint density at radius 2 is 1.44 bits per heavy atom. The third-order valence-electron chi connectivity index (χ3n) is 4.46. The van der Waals surface area contributed by atoms with E-state index >= 15 is 0 Å². The first-order chi connectivity index (χ1) is 15.0. The standard InChI is InChI=1S/C25H22F3NO3/c1-25(2,3)32-22(30)15-29(24(31)23-20(27)8-5-9-21(23)28)19-7-4-6-17(14-19)16-10-12-18(26)13-11-16/h4-14H,15H2,1-3H3. The summed E-state index contributed by atoms with van der Waals surface area (Å²) >= 11 is 0. The zero-order chi connectivity index (χ0) is 23.5. The Bertz CT molecular complexity index is 1120. The van der Waals surface area contributed by atoms with Crippen molar-refractivity contribution in [2.45, 2.75) is 26.4 Å². The maximum atomic E-state index is 14.3. The van der Waals surface area contributed by atoms with Gasteiger partial charge in [0.05, 0.1) is 0 Å². The quantitative estimate of drug-likeness (QED) is 0.473. The summed E-state index contributed by atoms with van der Waals surface area (Å²) in [7, 11) is 0. The molecule has 4 nitrogen and oxygen atoms in total. The van der Waals surface area contributed by atoms with E-state index in [1.807, 2.05) is 0 Å². The fourth-order valence-corrected chi connectivity index (χ4v) is 3.12. The van der Waals surface area contributed by atoms with Crippen molar-refractivity contribution in [3.63, 3.8) is 0 Å². The molecule has 32 heavy (non-hydrogen) atoms. The van der Waals surface area contributed by atoms with Crippen molar-refractivity contribution in [3.8, 4) is 11.1 Å². The molecule has 0 spiro atoms. The Morgan fingerprint density at radius 3 is 2.03 bits per heavy atom. The summed E-state index contributed by atoms with van der Waals surface area (Å²) < 4.78 is 47.2. The van der Waals surface area contributed by atoms with Gasteiger partial charge in [0, 0.05) is 5.69 Å². The number of ether oxygens (including phenoxy) is 1. The van der Waals surface area contributed by atoms with Crippen molar-refractivity contribution in [2.75, 3.05) is 11.4 Å². The second kappa shape index (κ2) is 9.26. The van der Waals surface area contributed by atoms with Crippen LogP contribution in [0.4, 0.5) is 18.9 Å². The lowest BCUT2D eigenvalue weighted by Gasteiger charge is -2.26. The van der Waals surface area contributed by atoms with Gasteiger partial charge in [-0.15, -0.1) is 0 Å². The van der Waals surface area contributed by atoms with Crippen molar-refractivity contribution in [1.82, 2.24) is 0 Å². The van der Waals surface area contributed by atoms with E-state index in [2.05, 4.69) is 0 Å². The Hall–Kier alpha value is -3.61. The van der Waals surface area contributed by atoms with Gasteiger partial charge in [-0.2, -0.15) is 0 Å². The molecule has 0 atom stereocenters. The zero-order valence-corrected chi connectivity index (χ0v) is 17.9. The summed E-state index contributed by atoms with van der Waals surface area (Å²) in [6.45, 7) is 4.45. The van der Waals surface area contributed by atoms with Crippen LogP contribution in [0.3, 0.4) is 0 Å². The van der Waals surface area contributed by atoms with Crippen LogP contribution < -0.4 is 4.90 Å². The van der Waals surface area contributed by atoms with E-state index in [0.29, 0.717) is 11.1 Å². The van der Waals surface area contributed by atoms with Gasteiger partial charge in [-0.3, -0.25) is 14.5 Å². The highest BCUT2D eigenvalue weighted by molar-refractivity contribution is 6.08. The first kappa shape index (κ1) is 23.1. The number of halogens is 3. The average molecular weight is 441 g/mol. The molecular weight excluding hydrogens is 419 g/mol. The largest absolute Gasteiger partial charge is 0.459 e. The van der Waals surface area contributed by atoms with Gasteiger partial charge in [-0.1, -0.05) is 30.3 Å². The predicted molar refractivity (Wildman–Crippen MR) is 116 cm³/mol. The number of anilines is 1. The van der Waals surface area contributed by atoms with Crippen LogP contribution in [0.5, 0.6) is 0 Å². The molecule has 7 heteroatoms. The molecule has 0 saturated heterocycles. The van der Waals surface area contributed by atoms with Crippen LogP contribution in [-0.4, -0.2) is 24.0 Å². The number of hydrogen-bond donors (Lipinski definition) is 0. The first-order valence-corrected chi connectivity index (χ1v) is 9.89. The Labute approximate surface area is 184 Å². The summed E-state index contributed by atoms with van der Waals surface area (Å²) in [5.41, 5.74) is -0.0765. The normalized spacial score (nSPS) is 11.2. The highest BCUT2D eigenvalue weighted by Gasteiger charge is 2.28. The number of hydrogen-bond acceptors (Lipinski definition) is 3. The molecule has 166 valence electrons. The molecule has 0 aliphatic carbocycles. The van der Waals surface area contributed by atoms with Crippen LogP contribution in [-0.2, 0) is 9.53 Å². The summed E-state index contributed by atoms with van der Waals surface area (Å²) in [5.74, 6) is -4.25. The fraction of sp³-hybridized carbons (Fsp3) is 0.200. The summed E-state index contributed by atoms with van der Waals surface area (Å²) in [4.78, 5) is 26.6. The van der Waals surface area contributed by atoms with E-state index in [4.69, 9.17) is 4.74 Å².